The number of rotatable bonds is 7. The predicted octanol–water partition coefficient (Wildman–Crippen LogP) is 8.40. The first kappa shape index (κ1) is 26.1. The lowest BCUT2D eigenvalue weighted by Gasteiger charge is -2.18. The first-order valence-electron chi connectivity index (χ1n) is 10.6. The number of carboxylic acids is 1. The van der Waals surface area contributed by atoms with Crippen LogP contribution in [0.3, 0.4) is 0 Å². The molecule has 0 aliphatic rings. The van der Waals surface area contributed by atoms with Crippen molar-refractivity contribution in [2.75, 3.05) is 0 Å². The van der Waals surface area contributed by atoms with Gasteiger partial charge in [-0.05, 0) is 77.6 Å². The monoisotopic (exact) mass is 496 g/mol. The zero-order chi connectivity index (χ0) is 26.0. The molecule has 9 heteroatoms. The Hall–Kier alpha value is -3.49. The van der Waals surface area contributed by atoms with Crippen LogP contribution in [-0.4, -0.2) is 11.1 Å². The molecule has 3 rings (SSSR count). The minimum Gasteiger partial charge on any atom is -0.481 e. The normalized spacial score (nSPS) is 13.1. The summed E-state index contributed by atoms with van der Waals surface area (Å²) in [6, 6.07) is 12.9. The van der Waals surface area contributed by atoms with Crippen LogP contribution in [-0.2, 0) is 17.1 Å². The maximum absolute atomic E-state index is 13.0. The second-order valence-electron chi connectivity index (χ2n) is 8.51. The van der Waals surface area contributed by atoms with Gasteiger partial charge in [0, 0.05) is 0 Å². The molecule has 35 heavy (non-hydrogen) atoms. The molecule has 0 saturated heterocycles. The Bertz CT molecular complexity index is 1160. The van der Waals surface area contributed by atoms with E-state index in [0.717, 1.165) is 36.4 Å². The fourth-order valence-electron chi connectivity index (χ4n) is 3.60. The van der Waals surface area contributed by atoms with Crippen LogP contribution in [0.25, 0.3) is 11.1 Å². The molecule has 0 saturated carbocycles. The van der Waals surface area contributed by atoms with Gasteiger partial charge in [-0.15, -0.1) is 0 Å². The summed E-state index contributed by atoms with van der Waals surface area (Å²) >= 11 is 0. The maximum atomic E-state index is 13.0. The summed E-state index contributed by atoms with van der Waals surface area (Å²) in [6.07, 6.45) is -8.73. The zero-order valence-corrected chi connectivity index (χ0v) is 18.7. The molecule has 0 aliphatic carbocycles. The zero-order valence-electron chi connectivity index (χ0n) is 18.7. The molecule has 1 N–H and O–H groups in total. The van der Waals surface area contributed by atoms with Crippen molar-refractivity contribution < 1.29 is 41.0 Å². The van der Waals surface area contributed by atoms with Gasteiger partial charge < -0.3 is 9.84 Å². The largest absolute Gasteiger partial charge is 0.481 e. The van der Waals surface area contributed by atoms with Gasteiger partial charge in [0.1, 0.15) is 11.5 Å². The van der Waals surface area contributed by atoms with E-state index in [-0.39, 0.29) is 17.4 Å². The Morgan fingerprint density at radius 2 is 1.29 bits per heavy atom. The van der Waals surface area contributed by atoms with Gasteiger partial charge in [0.15, 0.2) is 0 Å². The average Bonchev–Trinajstić information content (AvgIpc) is 2.76. The number of ether oxygens (including phenoxy) is 1. The van der Waals surface area contributed by atoms with Gasteiger partial charge >= 0.3 is 18.3 Å². The van der Waals surface area contributed by atoms with E-state index in [0.29, 0.717) is 23.1 Å². The Balaban J connectivity index is 2.04. The number of alkyl halides is 6. The van der Waals surface area contributed by atoms with Crippen LogP contribution in [0.4, 0.5) is 26.3 Å². The second kappa shape index (κ2) is 10.0. The molecule has 186 valence electrons. The third-order valence-corrected chi connectivity index (χ3v) is 5.30. The van der Waals surface area contributed by atoms with E-state index in [2.05, 4.69) is 0 Å². The van der Waals surface area contributed by atoms with E-state index < -0.39 is 35.4 Å². The van der Waals surface area contributed by atoms with E-state index in [4.69, 9.17) is 4.74 Å². The van der Waals surface area contributed by atoms with Crippen LogP contribution < -0.4 is 4.74 Å². The Kier molecular flexibility index (Phi) is 7.47. The van der Waals surface area contributed by atoms with Gasteiger partial charge in [0.2, 0.25) is 0 Å². The quantitative estimate of drug-likeness (QED) is 0.334. The molecule has 0 aliphatic heterocycles. The third-order valence-electron chi connectivity index (χ3n) is 5.30. The lowest BCUT2D eigenvalue weighted by Crippen LogP contribution is -2.14. The minimum absolute atomic E-state index is 0.0325. The number of aliphatic carboxylic acids is 1. The SMILES string of the molecule is CC(C)CC(C(=O)O)c1cc(Oc2ccc(C(F)(F)F)cc2)cc(-c2ccc(C(F)(F)F)cc2)c1. The molecule has 3 aromatic carbocycles. The van der Waals surface area contributed by atoms with Gasteiger partial charge in [-0.1, -0.05) is 32.0 Å². The van der Waals surface area contributed by atoms with Crippen LogP contribution in [0, 0.1) is 5.92 Å². The van der Waals surface area contributed by atoms with Crippen LogP contribution in [0.1, 0.15) is 42.9 Å². The van der Waals surface area contributed by atoms with E-state index in [1.165, 1.54) is 24.3 Å². The van der Waals surface area contributed by atoms with Gasteiger partial charge in [-0.3, -0.25) is 4.79 Å². The second-order valence-corrected chi connectivity index (χ2v) is 8.51. The molecule has 0 radical (unpaired) electrons. The van der Waals surface area contributed by atoms with E-state index in [1.807, 2.05) is 13.8 Å². The topological polar surface area (TPSA) is 46.5 Å². The summed E-state index contributed by atoms with van der Waals surface area (Å²) in [7, 11) is 0. The molecular weight excluding hydrogens is 474 g/mol. The standard InChI is InChI=1S/C26H22F6O3/c1-15(2)11-23(24(33)34)18-12-17(16-3-5-19(6-4-16)25(27,28)29)13-22(14-18)35-21-9-7-20(8-10-21)26(30,31)32/h3-10,12-15,23H,11H2,1-2H3,(H,33,34). The van der Waals surface area contributed by atoms with Crippen molar-refractivity contribution in [2.24, 2.45) is 5.92 Å². The van der Waals surface area contributed by atoms with Gasteiger partial charge in [0.05, 0.1) is 17.0 Å². The molecule has 3 nitrogen and oxygen atoms in total. The van der Waals surface area contributed by atoms with Crippen LogP contribution in [0.2, 0.25) is 0 Å². The van der Waals surface area contributed by atoms with Crippen molar-refractivity contribution in [3.8, 4) is 22.6 Å². The molecule has 0 spiro atoms. The van der Waals surface area contributed by atoms with Crippen LogP contribution in [0.15, 0.2) is 66.7 Å². The first-order valence-corrected chi connectivity index (χ1v) is 10.6. The third kappa shape index (κ3) is 6.77. The molecule has 3 aromatic rings. The number of carboxylic acid groups (broad SMARTS) is 1. The summed E-state index contributed by atoms with van der Waals surface area (Å²) in [6.45, 7) is 3.71. The van der Waals surface area contributed by atoms with Crippen molar-refractivity contribution >= 4 is 5.97 Å². The van der Waals surface area contributed by atoms with Crippen molar-refractivity contribution in [1.29, 1.82) is 0 Å². The molecule has 0 bridgehead atoms. The highest BCUT2D eigenvalue weighted by molar-refractivity contribution is 5.78. The molecule has 0 amide bonds. The van der Waals surface area contributed by atoms with E-state index >= 15 is 0 Å². The molecule has 0 aromatic heterocycles. The van der Waals surface area contributed by atoms with Crippen molar-refractivity contribution in [1.82, 2.24) is 0 Å². The number of hydrogen-bond acceptors (Lipinski definition) is 2. The average molecular weight is 496 g/mol. The number of carbonyl (C=O) groups is 1. The van der Waals surface area contributed by atoms with Crippen LogP contribution in [0.5, 0.6) is 11.5 Å². The summed E-state index contributed by atoms with van der Waals surface area (Å²) in [5, 5.41) is 9.78. The Morgan fingerprint density at radius 3 is 1.74 bits per heavy atom. The highest BCUT2D eigenvalue weighted by Gasteiger charge is 2.31. The fraction of sp³-hybridized carbons (Fsp3) is 0.269. The molecular formula is C26H22F6O3. The van der Waals surface area contributed by atoms with Crippen molar-refractivity contribution in [3.05, 3.63) is 83.4 Å². The van der Waals surface area contributed by atoms with Gasteiger partial charge in [0.25, 0.3) is 0 Å². The summed E-state index contributed by atoms with van der Waals surface area (Å²) in [4.78, 5) is 12.0. The predicted molar refractivity (Wildman–Crippen MR) is 118 cm³/mol. The molecule has 1 atom stereocenters. The Morgan fingerprint density at radius 1 is 0.771 bits per heavy atom. The molecule has 1 unspecified atom stereocenters. The highest BCUT2D eigenvalue weighted by atomic mass is 19.4. The molecule has 0 heterocycles. The first-order chi connectivity index (χ1) is 16.2. The van der Waals surface area contributed by atoms with Crippen molar-refractivity contribution in [3.63, 3.8) is 0 Å². The Labute approximate surface area is 198 Å². The smallest absolute Gasteiger partial charge is 0.416 e. The maximum Gasteiger partial charge on any atom is 0.416 e. The number of benzene rings is 3. The van der Waals surface area contributed by atoms with E-state index in [9.17, 15) is 36.2 Å². The fourth-order valence-corrected chi connectivity index (χ4v) is 3.60. The molecule has 0 fully saturated rings. The van der Waals surface area contributed by atoms with Crippen LogP contribution >= 0.6 is 0 Å². The van der Waals surface area contributed by atoms with E-state index in [1.54, 1.807) is 6.07 Å². The summed E-state index contributed by atoms with van der Waals surface area (Å²) in [5.74, 6) is -1.73. The lowest BCUT2D eigenvalue weighted by atomic mass is 9.88. The van der Waals surface area contributed by atoms with Crippen molar-refractivity contribution in [2.45, 2.75) is 38.5 Å². The summed E-state index contributed by atoms with van der Waals surface area (Å²) < 4.78 is 83.1. The van der Waals surface area contributed by atoms with Gasteiger partial charge in [-0.2, -0.15) is 26.3 Å². The lowest BCUT2D eigenvalue weighted by molar-refractivity contribution is -0.139. The number of halogens is 6. The summed E-state index contributed by atoms with van der Waals surface area (Å²) in [5.41, 5.74) is -0.516. The number of hydrogen-bond donors (Lipinski definition) is 1. The minimum atomic E-state index is -4.51. The highest BCUT2D eigenvalue weighted by Crippen LogP contribution is 2.37. The van der Waals surface area contributed by atoms with Gasteiger partial charge in [-0.25, -0.2) is 0 Å².